The molecule has 0 radical (unpaired) electrons. The maximum atomic E-state index is 5.88. The molecule has 28 heavy (non-hydrogen) atoms. The molecule has 4 heteroatoms. The Kier molecular flexibility index (Phi) is 6.64. The highest BCUT2D eigenvalue weighted by Crippen LogP contribution is 2.22. The van der Waals surface area contributed by atoms with Crippen LogP contribution in [0, 0.1) is 0 Å². The van der Waals surface area contributed by atoms with Crippen LogP contribution >= 0.6 is 0 Å². The van der Waals surface area contributed by atoms with E-state index < -0.39 is 0 Å². The SMILES string of the molecule is C(=C\c1ccc(OC2CCCCO2)cc1)/c1ccc(OC2CCCCO2)cc1. The first-order valence-corrected chi connectivity index (χ1v) is 10.3. The number of hydrogen-bond acceptors (Lipinski definition) is 4. The summed E-state index contributed by atoms with van der Waals surface area (Å²) >= 11 is 0. The van der Waals surface area contributed by atoms with Gasteiger partial charge in [-0.2, -0.15) is 0 Å². The van der Waals surface area contributed by atoms with E-state index in [2.05, 4.69) is 36.4 Å². The van der Waals surface area contributed by atoms with Crippen LogP contribution in [0.4, 0.5) is 0 Å². The van der Waals surface area contributed by atoms with Crippen LogP contribution in [0.25, 0.3) is 12.2 Å². The maximum Gasteiger partial charge on any atom is 0.199 e. The molecular weight excluding hydrogens is 352 g/mol. The van der Waals surface area contributed by atoms with Gasteiger partial charge in [0.1, 0.15) is 11.5 Å². The normalized spacial score (nSPS) is 22.9. The van der Waals surface area contributed by atoms with Crippen molar-refractivity contribution in [2.45, 2.75) is 51.1 Å². The molecule has 2 unspecified atom stereocenters. The van der Waals surface area contributed by atoms with Gasteiger partial charge in [0.15, 0.2) is 12.6 Å². The molecule has 2 atom stereocenters. The minimum atomic E-state index is -0.102. The molecule has 2 saturated heterocycles. The molecule has 2 heterocycles. The molecule has 2 aromatic carbocycles. The Morgan fingerprint density at radius 3 is 1.39 bits per heavy atom. The van der Waals surface area contributed by atoms with E-state index in [0.717, 1.165) is 61.5 Å². The molecule has 0 aliphatic carbocycles. The topological polar surface area (TPSA) is 36.9 Å². The van der Waals surface area contributed by atoms with Crippen molar-refractivity contribution in [3.8, 4) is 11.5 Å². The highest BCUT2D eigenvalue weighted by molar-refractivity contribution is 5.70. The van der Waals surface area contributed by atoms with Crippen molar-refractivity contribution >= 4 is 12.2 Å². The highest BCUT2D eigenvalue weighted by Gasteiger charge is 2.15. The van der Waals surface area contributed by atoms with Gasteiger partial charge in [-0.3, -0.25) is 0 Å². The summed E-state index contributed by atoms with van der Waals surface area (Å²) in [5.41, 5.74) is 2.26. The zero-order valence-electron chi connectivity index (χ0n) is 16.2. The standard InChI is InChI=1S/C24H28O4/c1-3-17-25-23(5-1)27-21-13-9-19(10-14-21)7-8-20-11-15-22(16-12-20)28-24-6-2-4-18-26-24/h7-16,23-24H,1-6,17-18H2/b8-7+. The lowest BCUT2D eigenvalue weighted by Gasteiger charge is -2.23. The van der Waals surface area contributed by atoms with E-state index in [4.69, 9.17) is 18.9 Å². The lowest BCUT2D eigenvalue weighted by atomic mass is 10.1. The first kappa shape index (κ1) is 19.0. The Balaban J connectivity index is 1.29. The Morgan fingerprint density at radius 2 is 1.04 bits per heavy atom. The molecule has 4 rings (SSSR count). The first-order valence-electron chi connectivity index (χ1n) is 10.3. The van der Waals surface area contributed by atoms with Gasteiger partial charge in [0.05, 0.1) is 13.2 Å². The van der Waals surface area contributed by atoms with E-state index in [1.807, 2.05) is 24.3 Å². The van der Waals surface area contributed by atoms with E-state index >= 15 is 0 Å². The van der Waals surface area contributed by atoms with Crippen molar-refractivity contribution in [3.05, 3.63) is 59.7 Å². The number of benzene rings is 2. The molecule has 2 aliphatic heterocycles. The van der Waals surface area contributed by atoms with Crippen LogP contribution < -0.4 is 9.47 Å². The van der Waals surface area contributed by atoms with Crippen molar-refractivity contribution in [1.29, 1.82) is 0 Å². The molecule has 0 spiro atoms. The number of rotatable bonds is 6. The molecule has 148 valence electrons. The third kappa shape index (κ3) is 5.60. The van der Waals surface area contributed by atoms with Gasteiger partial charge in [0.2, 0.25) is 0 Å². The molecule has 2 aliphatic rings. The molecule has 0 aromatic heterocycles. The zero-order chi connectivity index (χ0) is 19.0. The van der Waals surface area contributed by atoms with Gasteiger partial charge in [-0.25, -0.2) is 0 Å². The third-order valence-corrected chi connectivity index (χ3v) is 5.04. The van der Waals surface area contributed by atoms with Crippen molar-refractivity contribution in [3.63, 3.8) is 0 Å². The van der Waals surface area contributed by atoms with E-state index in [9.17, 15) is 0 Å². The van der Waals surface area contributed by atoms with Gasteiger partial charge in [-0.15, -0.1) is 0 Å². The van der Waals surface area contributed by atoms with Crippen LogP contribution in [0.5, 0.6) is 11.5 Å². The molecule has 2 fully saturated rings. The van der Waals surface area contributed by atoms with Gasteiger partial charge in [-0.05, 0) is 61.1 Å². The summed E-state index contributed by atoms with van der Waals surface area (Å²) in [6.07, 6.45) is 10.5. The van der Waals surface area contributed by atoms with Crippen LogP contribution in [0.1, 0.15) is 49.7 Å². The summed E-state index contributed by atoms with van der Waals surface area (Å²) < 4.78 is 23.0. The molecular formula is C24H28O4. The lowest BCUT2D eigenvalue weighted by Crippen LogP contribution is -2.24. The van der Waals surface area contributed by atoms with Crippen molar-refractivity contribution in [1.82, 2.24) is 0 Å². The predicted molar refractivity (Wildman–Crippen MR) is 110 cm³/mol. The average molecular weight is 380 g/mol. The second kappa shape index (κ2) is 9.76. The highest BCUT2D eigenvalue weighted by atomic mass is 16.7. The number of hydrogen-bond donors (Lipinski definition) is 0. The molecule has 4 nitrogen and oxygen atoms in total. The average Bonchev–Trinajstić information content (AvgIpc) is 2.76. The summed E-state index contributed by atoms with van der Waals surface area (Å²) in [6.45, 7) is 1.59. The van der Waals surface area contributed by atoms with Crippen LogP contribution in [0.2, 0.25) is 0 Å². The minimum absolute atomic E-state index is 0.102. The van der Waals surface area contributed by atoms with Crippen LogP contribution in [-0.2, 0) is 9.47 Å². The molecule has 0 N–H and O–H groups in total. The Labute approximate surface area is 167 Å². The Bertz CT molecular complexity index is 674. The molecule has 2 aromatic rings. The summed E-state index contributed by atoms with van der Waals surface area (Å²) in [6, 6.07) is 16.2. The Hall–Kier alpha value is -2.30. The summed E-state index contributed by atoms with van der Waals surface area (Å²) in [4.78, 5) is 0. The van der Waals surface area contributed by atoms with Gasteiger partial charge < -0.3 is 18.9 Å². The first-order chi connectivity index (χ1) is 13.8. The fraction of sp³-hybridized carbons (Fsp3) is 0.417. The zero-order valence-corrected chi connectivity index (χ0v) is 16.2. The number of ether oxygens (including phenoxy) is 4. The van der Waals surface area contributed by atoms with Crippen molar-refractivity contribution in [2.75, 3.05) is 13.2 Å². The lowest BCUT2D eigenvalue weighted by molar-refractivity contribution is -0.106. The summed E-state index contributed by atoms with van der Waals surface area (Å²) in [5, 5.41) is 0. The third-order valence-electron chi connectivity index (χ3n) is 5.04. The van der Waals surface area contributed by atoms with Crippen molar-refractivity contribution < 1.29 is 18.9 Å². The predicted octanol–water partition coefficient (Wildman–Crippen LogP) is 5.67. The maximum absolute atomic E-state index is 5.88. The van der Waals surface area contributed by atoms with E-state index in [-0.39, 0.29) is 12.6 Å². The van der Waals surface area contributed by atoms with E-state index in [1.165, 1.54) is 12.8 Å². The van der Waals surface area contributed by atoms with E-state index in [1.54, 1.807) is 0 Å². The van der Waals surface area contributed by atoms with Crippen LogP contribution in [-0.4, -0.2) is 25.8 Å². The largest absolute Gasteiger partial charge is 0.465 e. The minimum Gasteiger partial charge on any atom is -0.465 e. The van der Waals surface area contributed by atoms with Gasteiger partial charge >= 0.3 is 0 Å². The monoisotopic (exact) mass is 380 g/mol. The Morgan fingerprint density at radius 1 is 0.607 bits per heavy atom. The van der Waals surface area contributed by atoms with Crippen molar-refractivity contribution in [2.24, 2.45) is 0 Å². The second-order valence-electron chi connectivity index (χ2n) is 7.30. The fourth-order valence-electron chi connectivity index (χ4n) is 3.42. The molecule has 0 amide bonds. The van der Waals surface area contributed by atoms with Crippen LogP contribution in [0.15, 0.2) is 48.5 Å². The molecule has 0 saturated carbocycles. The molecule has 0 bridgehead atoms. The summed E-state index contributed by atoms with van der Waals surface area (Å²) in [5.74, 6) is 1.71. The van der Waals surface area contributed by atoms with Gasteiger partial charge in [0, 0.05) is 12.8 Å². The van der Waals surface area contributed by atoms with Gasteiger partial charge in [0.25, 0.3) is 0 Å². The second-order valence-corrected chi connectivity index (χ2v) is 7.30. The quantitative estimate of drug-likeness (QED) is 0.605. The van der Waals surface area contributed by atoms with Crippen LogP contribution in [0.3, 0.4) is 0 Å². The fourth-order valence-corrected chi connectivity index (χ4v) is 3.42. The van der Waals surface area contributed by atoms with E-state index in [0.29, 0.717) is 0 Å². The van der Waals surface area contributed by atoms with Gasteiger partial charge in [-0.1, -0.05) is 36.4 Å². The summed E-state index contributed by atoms with van der Waals surface area (Å²) in [7, 11) is 0. The smallest absolute Gasteiger partial charge is 0.199 e.